The van der Waals surface area contributed by atoms with Crippen molar-refractivity contribution in [1.82, 2.24) is 5.32 Å². The number of halogens is 1. The first-order chi connectivity index (χ1) is 10.1. The van der Waals surface area contributed by atoms with Crippen molar-refractivity contribution in [2.45, 2.75) is 0 Å². The van der Waals surface area contributed by atoms with Crippen LogP contribution in [-0.2, 0) is 9.47 Å². The van der Waals surface area contributed by atoms with Crippen molar-refractivity contribution >= 4 is 29.3 Å². The quantitative estimate of drug-likeness (QED) is 0.520. The number of nitrogens with one attached hydrogen (secondary N) is 2. The minimum atomic E-state index is -0.544. The molecule has 0 aliphatic heterocycles. The minimum absolute atomic E-state index is 0.0583. The van der Waals surface area contributed by atoms with Crippen LogP contribution in [-0.4, -0.2) is 50.6 Å². The Kier molecular flexibility index (Phi) is 7.52. The summed E-state index contributed by atoms with van der Waals surface area (Å²) in [6.45, 7) is 0.779. The number of methoxy groups -OCH3 is 1. The zero-order valence-electron chi connectivity index (χ0n) is 11.5. The topological polar surface area (TPSA) is 96.9 Å². The maximum absolute atomic E-state index is 11.6. The predicted octanol–water partition coefficient (Wildman–Crippen LogP) is 1.26. The van der Waals surface area contributed by atoms with E-state index in [-0.39, 0.29) is 23.8 Å². The van der Waals surface area contributed by atoms with Gasteiger partial charge in [0.15, 0.2) is 0 Å². The van der Waals surface area contributed by atoms with Crippen molar-refractivity contribution in [2.24, 2.45) is 0 Å². The second kappa shape index (κ2) is 9.17. The summed E-state index contributed by atoms with van der Waals surface area (Å²) < 4.78 is 9.56. The third-order valence-electron chi connectivity index (χ3n) is 2.40. The van der Waals surface area contributed by atoms with Gasteiger partial charge >= 0.3 is 12.0 Å². The molecule has 1 aromatic carbocycles. The third kappa shape index (κ3) is 5.99. The highest BCUT2D eigenvalue weighted by Gasteiger charge is 2.11. The molecule has 0 saturated carbocycles. The van der Waals surface area contributed by atoms with Crippen molar-refractivity contribution in [3.63, 3.8) is 0 Å². The van der Waals surface area contributed by atoms with E-state index < -0.39 is 12.0 Å². The highest BCUT2D eigenvalue weighted by atomic mass is 35.5. The SMILES string of the molecule is COC(=O)c1ccc(NC(=O)NCCOCCO)cc1Cl. The summed E-state index contributed by atoms with van der Waals surface area (Å²) in [4.78, 5) is 22.9. The number of carbonyl (C=O) groups is 2. The van der Waals surface area contributed by atoms with Gasteiger partial charge in [-0.25, -0.2) is 9.59 Å². The molecule has 0 bridgehead atoms. The number of hydrogen-bond donors (Lipinski definition) is 3. The lowest BCUT2D eigenvalue weighted by Gasteiger charge is -2.09. The molecule has 0 aromatic heterocycles. The van der Waals surface area contributed by atoms with Gasteiger partial charge in [0.05, 0.1) is 37.5 Å². The first-order valence-corrected chi connectivity index (χ1v) is 6.57. The Hall–Kier alpha value is -1.83. The van der Waals surface area contributed by atoms with E-state index in [1.165, 1.54) is 19.2 Å². The second-order valence-electron chi connectivity index (χ2n) is 3.90. The zero-order chi connectivity index (χ0) is 15.7. The number of amides is 2. The number of anilines is 1. The van der Waals surface area contributed by atoms with E-state index >= 15 is 0 Å². The first kappa shape index (κ1) is 17.2. The molecule has 0 radical (unpaired) electrons. The fraction of sp³-hybridized carbons (Fsp3) is 0.385. The second-order valence-corrected chi connectivity index (χ2v) is 4.31. The smallest absolute Gasteiger partial charge is 0.339 e. The monoisotopic (exact) mass is 316 g/mol. The number of hydrogen-bond acceptors (Lipinski definition) is 5. The van der Waals surface area contributed by atoms with Crippen LogP contribution in [0.5, 0.6) is 0 Å². The molecule has 1 rings (SSSR count). The number of aliphatic hydroxyl groups is 1. The summed E-state index contributed by atoms with van der Waals surface area (Å²) in [6.07, 6.45) is 0. The molecule has 8 heteroatoms. The molecular formula is C13H17ClN2O5. The normalized spacial score (nSPS) is 10.0. The molecule has 0 unspecified atom stereocenters. The Bertz CT molecular complexity index is 495. The molecule has 0 aliphatic rings. The van der Waals surface area contributed by atoms with Crippen molar-refractivity contribution in [2.75, 3.05) is 38.8 Å². The van der Waals surface area contributed by atoms with Gasteiger partial charge in [-0.2, -0.15) is 0 Å². The molecule has 0 fully saturated rings. The van der Waals surface area contributed by atoms with Gasteiger partial charge in [-0.3, -0.25) is 0 Å². The third-order valence-corrected chi connectivity index (χ3v) is 2.71. The lowest BCUT2D eigenvalue weighted by molar-refractivity contribution is 0.0601. The van der Waals surface area contributed by atoms with Crippen molar-refractivity contribution in [1.29, 1.82) is 0 Å². The lowest BCUT2D eigenvalue weighted by atomic mass is 10.2. The van der Waals surface area contributed by atoms with E-state index in [1.54, 1.807) is 6.07 Å². The molecule has 0 atom stereocenters. The average molecular weight is 317 g/mol. The zero-order valence-corrected chi connectivity index (χ0v) is 12.3. The van der Waals surface area contributed by atoms with Crippen molar-refractivity contribution < 1.29 is 24.2 Å². The van der Waals surface area contributed by atoms with E-state index in [2.05, 4.69) is 15.4 Å². The summed E-state index contributed by atoms with van der Waals surface area (Å²) in [5.41, 5.74) is 0.670. The summed E-state index contributed by atoms with van der Waals surface area (Å²) in [7, 11) is 1.26. The highest BCUT2D eigenvalue weighted by molar-refractivity contribution is 6.33. The summed E-state index contributed by atoms with van der Waals surface area (Å²) in [6, 6.07) is 4.04. The molecule has 2 amide bonds. The molecule has 1 aromatic rings. The fourth-order valence-electron chi connectivity index (χ4n) is 1.45. The van der Waals surface area contributed by atoms with Crippen LogP contribution < -0.4 is 10.6 Å². The minimum Gasteiger partial charge on any atom is -0.465 e. The molecule has 0 heterocycles. The molecule has 0 aliphatic carbocycles. The first-order valence-electron chi connectivity index (χ1n) is 6.19. The van der Waals surface area contributed by atoms with E-state index in [1.807, 2.05) is 0 Å². The van der Waals surface area contributed by atoms with Crippen molar-refractivity contribution in [3.05, 3.63) is 28.8 Å². The van der Waals surface area contributed by atoms with Crippen LogP contribution in [0.15, 0.2) is 18.2 Å². The summed E-state index contributed by atoms with van der Waals surface area (Å²) in [5.74, 6) is -0.544. The average Bonchev–Trinajstić information content (AvgIpc) is 2.46. The Labute approximate surface area is 127 Å². The molecule has 116 valence electrons. The summed E-state index contributed by atoms with van der Waals surface area (Å²) in [5, 5.41) is 13.8. The number of benzene rings is 1. The Morgan fingerprint density at radius 3 is 2.71 bits per heavy atom. The number of carbonyl (C=O) groups excluding carboxylic acids is 2. The van der Waals surface area contributed by atoms with Crippen LogP contribution in [0, 0.1) is 0 Å². The molecule has 7 nitrogen and oxygen atoms in total. The number of urea groups is 1. The fourth-order valence-corrected chi connectivity index (χ4v) is 1.70. The molecular weight excluding hydrogens is 300 g/mol. The van der Waals surface area contributed by atoms with E-state index in [0.717, 1.165) is 0 Å². The van der Waals surface area contributed by atoms with Gasteiger partial charge in [0.2, 0.25) is 0 Å². The van der Waals surface area contributed by atoms with E-state index in [4.69, 9.17) is 21.4 Å². The van der Waals surface area contributed by atoms with Crippen LogP contribution >= 0.6 is 11.6 Å². The lowest BCUT2D eigenvalue weighted by Crippen LogP contribution is -2.31. The van der Waals surface area contributed by atoms with Gasteiger partial charge in [0, 0.05) is 12.2 Å². The maximum Gasteiger partial charge on any atom is 0.339 e. The molecule has 0 saturated heterocycles. The molecule has 3 N–H and O–H groups in total. The standard InChI is InChI=1S/C13H17ClN2O5/c1-20-12(18)10-3-2-9(8-11(10)14)16-13(19)15-4-6-21-7-5-17/h2-3,8,17H,4-7H2,1H3,(H2,15,16,19). The van der Waals surface area contributed by atoms with Gasteiger partial charge in [0.25, 0.3) is 0 Å². The Morgan fingerprint density at radius 2 is 2.10 bits per heavy atom. The molecule has 0 spiro atoms. The highest BCUT2D eigenvalue weighted by Crippen LogP contribution is 2.21. The number of esters is 1. The number of aliphatic hydroxyl groups excluding tert-OH is 1. The van der Waals surface area contributed by atoms with Crippen LogP contribution in [0.2, 0.25) is 5.02 Å². The van der Waals surface area contributed by atoms with Crippen molar-refractivity contribution in [3.8, 4) is 0 Å². The van der Waals surface area contributed by atoms with E-state index in [0.29, 0.717) is 18.8 Å². The van der Waals surface area contributed by atoms with Crippen LogP contribution in [0.25, 0.3) is 0 Å². The van der Waals surface area contributed by atoms with Gasteiger partial charge in [0.1, 0.15) is 0 Å². The van der Waals surface area contributed by atoms with Crippen LogP contribution in [0.1, 0.15) is 10.4 Å². The van der Waals surface area contributed by atoms with Gasteiger partial charge < -0.3 is 25.2 Å². The Balaban J connectivity index is 2.46. The number of rotatable bonds is 7. The number of ether oxygens (including phenoxy) is 2. The summed E-state index contributed by atoms with van der Waals surface area (Å²) >= 11 is 5.93. The molecule has 21 heavy (non-hydrogen) atoms. The van der Waals surface area contributed by atoms with Gasteiger partial charge in [-0.05, 0) is 18.2 Å². The van der Waals surface area contributed by atoms with E-state index in [9.17, 15) is 9.59 Å². The van der Waals surface area contributed by atoms with Gasteiger partial charge in [-0.1, -0.05) is 11.6 Å². The maximum atomic E-state index is 11.6. The largest absolute Gasteiger partial charge is 0.465 e. The predicted molar refractivity (Wildman–Crippen MR) is 77.7 cm³/mol. The van der Waals surface area contributed by atoms with Crippen LogP contribution in [0.4, 0.5) is 10.5 Å². The van der Waals surface area contributed by atoms with Crippen LogP contribution in [0.3, 0.4) is 0 Å². The Morgan fingerprint density at radius 1 is 1.33 bits per heavy atom. The van der Waals surface area contributed by atoms with Gasteiger partial charge in [-0.15, -0.1) is 0 Å².